The fourth-order valence-electron chi connectivity index (χ4n) is 2.54. The summed E-state index contributed by atoms with van der Waals surface area (Å²) in [4.78, 5) is 24.7. The Morgan fingerprint density at radius 3 is 2.44 bits per heavy atom. The highest BCUT2D eigenvalue weighted by Gasteiger charge is 2.20. The molecule has 2 aromatic carbocycles. The molecule has 144 valence electrons. The monoisotopic (exact) mass is 371 g/mol. The quantitative estimate of drug-likeness (QED) is 0.748. The first-order chi connectivity index (χ1) is 12.8. The summed E-state index contributed by atoms with van der Waals surface area (Å²) in [7, 11) is 1.49. The molecule has 0 aliphatic heterocycles. The van der Waals surface area contributed by atoms with Crippen LogP contribution in [0.25, 0.3) is 0 Å². The van der Waals surface area contributed by atoms with Gasteiger partial charge < -0.3 is 19.5 Å². The number of hydrogen-bond acceptors (Lipinski definition) is 5. The van der Waals surface area contributed by atoms with Crippen molar-refractivity contribution in [1.82, 2.24) is 0 Å². The number of rotatable bonds is 7. The van der Waals surface area contributed by atoms with Crippen LogP contribution in [0.5, 0.6) is 11.5 Å². The molecule has 0 radical (unpaired) electrons. The van der Waals surface area contributed by atoms with E-state index in [1.807, 2.05) is 39.0 Å². The highest BCUT2D eigenvalue weighted by Crippen LogP contribution is 2.28. The van der Waals surface area contributed by atoms with Crippen molar-refractivity contribution in [3.05, 3.63) is 53.1 Å². The Labute approximate surface area is 159 Å². The molecule has 6 heteroatoms. The minimum atomic E-state index is -0.948. The normalized spacial score (nSPS) is 11.4. The first kappa shape index (κ1) is 20.3. The molecular weight excluding hydrogens is 346 g/mol. The predicted octanol–water partition coefficient (Wildman–Crippen LogP) is 3.89. The summed E-state index contributed by atoms with van der Waals surface area (Å²) >= 11 is 0. The van der Waals surface area contributed by atoms with Gasteiger partial charge in [-0.15, -0.1) is 0 Å². The molecule has 0 bridgehead atoms. The lowest BCUT2D eigenvalue weighted by atomic mass is 10.1. The Bertz CT molecular complexity index is 831. The van der Waals surface area contributed by atoms with Gasteiger partial charge in [-0.3, -0.25) is 4.79 Å². The van der Waals surface area contributed by atoms with Gasteiger partial charge in [-0.2, -0.15) is 0 Å². The summed E-state index contributed by atoms with van der Waals surface area (Å²) in [5.74, 6) is -0.0382. The van der Waals surface area contributed by atoms with Gasteiger partial charge in [-0.25, -0.2) is 4.79 Å². The van der Waals surface area contributed by atoms with E-state index in [0.29, 0.717) is 23.8 Å². The molecule has 0 saturated heterocycles. The molecule has 0 heterocycles. The zero-order chi connectivity index (χ0) is 20.0. The van der Waals surface area contributed by atoms with Gasteiger partial charge in [0.1, 0.15) is 0 Å². The number of aryl methyl sites for hydroxylation is 2. The van der Waals surface area contributed by atoms with Crippen LogP contribution in [-0.4, -0.2) is 31.7 Å². The van der Waals surface area contributed by atoms with Gasteiger partial charge >= 0.3 is 5.97 Å². The number of anilines is 1. The van der Waals surface area contributed by atoms with E-state index in [-0.39, 0.29) is 5.56 Å². The van der Waals surface area contributed by atoms with E-state index < -0.39 is 18.0 Å². The smallest absolute Gasteiger partial charge is 0.339 e. The fraction of sp³-hybridized carbons (Fsp3) is 0.333. The third-order valence-corrected chi connectivity index (χ3v) is 3.99. The molecule has 0 aliphatic carbocycles. The SMILES string of the molecule is CCOc1ccc(C(=O)O[C@H](C)C(=O)Nc2ccc(C)cc2C)cc1OC. The summed E-state index contributed by atoms with van der Waals surface area (Å²) < 4.78 is 15.9. The molecule has 0 aromatic heterocycles. The van der Waals surface area contributed by atoms with Crippen molar-refractivity contribution in [3.8, 4) is 11.5 Å². The van der Waals surface area contributed by atoms with Gasteiger partial charge in [-0.1, -0.05) is 17.7 Å². The molecule has 0 spiro atoms. The van der Waals surface area contributed by atoms with Crippen molar-refractivity contribution in [2.45, 2.75) is 33.8 Å². The minimum absolute atomic E-state index is 0.279. The highest BCUT2D eigenvalue weighted by molar-refractivity contribution is 5.98. The van der Waals surface area contributed by atoms with Crippen molar-refractivity contribution in [2.75, 3.05) is 19.0 Å². The molecule has 0 saturated carbocycles. The van der Waals surface area contributed by atoms with Gasteiger partial charge in [0, 0.05) is 5.69 Å². The van der Waals surface area contributed by atoms with E-state index >= 15 is 0 Å². The molecule has 0 aliphatic rings. The molecule has 6 nitrogen and oxygen atoms in total. The molecule has 2 rings (SSSR count). The van der Waals surface area contributed by atoms with Crippen molar-refractivity contribution in [1.29, 1.82) is 0 Å². The number of hydrogen-bond donors (Lipinski definition) is 1. The summed E-state index contributed by atoms with van der Waals surface area (Å²) in [6.45, 7) is 7.76. The largest absolute Gasteiger partial charge is 0.493 e. The average Bonchev–Trinajstić information content (AvgIpc) is 2.64. The van der Waals surface area contributed by atoms with Crippen LogP contribution in [0.1, 0.15) is 35.3 Å². The summed E-state index contributed by atoms with van der Waals surface area (Å²) in [6.07, 6.45) is -0.948. The van der Waals surface area contributed by atoms with Crippen molar-refractivity contribution in [2.24, 2.45) is 0 Å². The fourth-order valence-corrected chi connectivity index (χ4v) is 2.54. The Kier molecular flexibility index (Phi) is 6.82. The number of methoxy groups -OCH3 is 1. The average molecular weight is 371 g/mol. The van der Waals surface area contributed by atoms with Crippen LogP contribution in [0.4, 0.5) is 5.69 Å². The number of amides is 1. The van der Waals surface area contributed by atoms with E-state index in [9.17, 15) is 9.59 Å². The van der Waals surface area contributed by atoms with Crippen LogP contribution < -0.4 is 14.8 Å². The van der Waals surface area contributed by atoms with Crippen LogP contribution in [0, 0.1) is 13.8 Å². The van der Waals surface area contributed by atoms with Crippen LogP contribution in [0.2, 0.25) is 0 Å². The zero-order valence-electron chi connectivity index (χ0n) is 16.3. The maximum Gasteiger partial charge on any atom is 0.339 e. The third kappa shape index (κ3) is 5.23. The Balaban J connectivity index is 2.04. The van der Waals surface area contributed by atoms with Gasteiger partial charge in [0.2, 0.25) is 0 Å². The summed E-state index contributed by atoms with van der Waals surface area (Å²) in [5.41, 5.74) is 3.02. The number of nitrogens with one attached hydrogen (secondary N) is 1. The molecule has 2 aromatic rings. The van der Waals surface area contributed by atoms with Crippen LogP contribution >= 0.6 is 0 Å². The van der Waals surface area contributed by atoms with E-state index in [1.54, 1.807) is 12.1 Å². The highest BCUT2D eigenvalue weighted by atomic mass is 16.5. The Morgan fingerprint density at radius 2 is 1.81 bits per heavy atom. The number of benzene rings is 2. The molecule has 27 heavy (non-hydrogen) atoms. The standard InChI is InChI=1S/C21H25NO5/c1-6-26-18-10-8-16(12-19(18)25-5)21(24)27-15(4)20(23)22-17-9-7-13(2)11-14(17)3/h7-12,15H,6H2,1-5H3,(H,22,23)/t15-/m1/s1. The maximum absolute atomic E-state index is 12.4. The van der Waals surface area contributed by atoms with Crippen molar-refractivity contribution in [3.63, 3.8) is 0 Å². The minimum Gasteiger partial charge on any atom is -0.493 e. The second kappa shape index (κ2) is 9.07. The van der Waals surface area contributed by atoms with Gasteiger partial charge in [0.25, 0.3) is 5.91 Å². The lowest BCUT2D eigenvalue weighted by molar-refractivity contribution is -0.123. The van der Waals surface area contributed by atoms with Crippen molar-refractivity contribution < 1.29 is 23.8 Å². The predicted molar refractivity (Wildman–Crippen MR) is 104 cm³/mol. The summed E-state index contributed by atoms with van der Waals surface area (Å²) in [5, 5.41) is 2.78. The third-order valence-electron chi connectivity index (χ3n) is 3.99. The topological polar surface area (TPSA) is 73.9 Å². The summed E-state index contributed by atoms with van der Waals surface area (Å²) in [6, 6.07) is 10.4. The second-order valence-electron chi connectivity index (χ2n) is 6.15. The van der Waals surface area contributed by atoms with E-state index in [0.717, 1.165) is 11.1 Å². The number of ether oxygens (including phenoxy) is 3. The van der Waals surface area contributed by atoms with E-state index in [2.05, 4.69) is 5.32 Å². The number of carbonyl (C=O) groups excluding carboxylic acids is 2. The van der Waals surface area contributed by atoms with Crippen LogP contribution in [0.3, 0.4) is 0 Å². The maximum atomic E-state index is 12.4. The Morgan fingerprint density at radius 1 is 1.07 bits per heavy atom. The molecule has 1 N–H and O–H groups in total. The second-order valence-corrected chi connectivity index (χ2v) is 6.15. The van der Waals surface area contributed by atoms with Gasteiger partial charge in [0.15, 0.2) is 17.6 Å². The van der Waals surface area contributed by atoms with Crippen molar-refractivity contribution >= 4 is 17.6 Å². The van der Waals surface area contributed by atoms with Crippen LogP contribution in [-0.2, 0) is 9.53 Å². The number of carbonyl (C=O) groups is 2. The molecule has 0 unspecified atom stereocenters. The van der Waals surface area contributed by atoms with E-state index in [4.69, 9.17) is 14.2 Å². The zero-order valence-corrected chi connectivity index (χ0v) is 16.3. The lowest BCUT2D eigenvalue weighted by Gasteiger charge is -2.16. The van der Waals surface area contributed by atoms with Gasteiger partial charge in [0.05, 0.1) is 19.3 Å². The molecular formula is C21H25NO5. The number of esters is 1. The van der Waals surface area contributed by atoms with E-state index in [1.165, 1.54) is 20.1 Å². The first-order valence-electron chi connectivity index (χ1n) is 8.75. The van der Waals surface area contributed by atoms with Crippen LogP contribution in [0.15, 0.2) is 36.4 Å². The lowest BCUT2D eigenvalue weighted by Crippen LogP contribution is -2.30. The first-order valence-corrected chi connectivity index (χ1v) is 8.75. The molecule has 1 atom stereocenters. The Hall–Kier alpha value is -3.02. The molecule has 1 amide bonds. The molecule has 0 fully saturated rings. The van der Waals surface area contributed by atoms with Gasteiger partial charge in [-0.05, 0) is 57.5 Å².